The fourth-order valence-corrected chi connectivity index (χ4v) is 7.63. The number of H-pyrrole nitrogens is 2. The molecule has 3 heterocycles. The van der Waals surface area contributed by atoms with Gasteiger partial charge in [-0.2, -0.15) is 0 Å². The number of aliphatic imine (C=N–C) groups is 2. The van der Waals surface area contributed by atoms with E-state index in [2.05, 4.69) is 152 Å². The van der Waals surface area contributed by atoms with Crippen molar-refractivity contribution in [1.29, 1.82) is 0 Å². The first-order valence-electron chi connectivity index (χ1n) is 19.1. The van der Waals surface area contributed by atoms with Crippen LogP contribution in [-0.4, -0.2) is 41.8 Å². The maximum Gasteiger partial charge on any atom is 0.161 e. The molecule has 0 aliphatic carbocycles. The topological polar surface area (TPSA) is 108 Å². The minimum absolute atomic E-state index is 0.702. The van der Waals surface area contributed by atoms with Gasteiger partial charge < -0.3 is 9.97 Å². The van der Waals surface area contributed by atoms with E-state index in [0.29, 0.717) is 11.6 Å². The zero-order valence-corrected chi connectivity index (χ0v) is 31.0. The van der Waals surface area contributed by atoms with Gasteiger partial charge >= 0.3 is 0 Å². The summed E-state index contributed by atoms with van der Waals surface area (Å²) < 4.78 is 0. The fraction of sp³-hybridized carbons (Fsp3) is 0. The Morgan fingerprint density at radius 1 is 0.276 bits per heavy atom. The monoisotopic (exact) mass is 744 g/mol. The van der Waals surface area contributed by atoms with Gasteiger partial charge in [0, 0.05) is 44.5 Å². The molecule has 0 spiro atoms. The summed E-state index contributed by atoms with van der Waals surface area (Å²) in [6.45, 7) is 0. The molecule has 0 saturated heterocycles. The highest BCUT2D eigenvalue weighted by atomic mass is 15.2. The molecule has 0 saturated carbocycles. The van der Waals surface area contributed by atoms with Crippen LogP contribution in [0.25, 0.3) is 67.1 Å². The Labute approximate surface area is 333 Å². The van der Waals surface area contributed by atoms with Crippen LogP contribution >= 0.6 is 0 Å². The second-order valence-electron chi connectivity index (χ2n) is 14.3. The van der Waals surface area contributed by atoms with Crippen LogP contribution < -0.4 is 0 Å². The van der Waals surface area contributed by atoms with E-state index in [-0.39, 0.29) is 0 Å². The second kappa shape index (κ2) is 13.9. The third kappa shape index (κ3) is 6.06. The van der Waals surface area contributed by atoms with Gasteiger partial charge in [-0.05, 0) is 45.8 Å². The number of fused-ring (bicyclic) bond motifs is 4. The first-order chi connectivity index (χ1) is 28.7. The Kier molecular flexibility index (Phi) is 7.96. The lowest BCUT2D eigenvalue weighted by molar-refractivity contribution is 1.10. The van der Waals surface area contributed by atoms with Gasteiger partial charge in [0.15, 0.2) is 23.3 Å². The van der Waals surface area contributed by atoms with E-state index < -0.39 is 0 Å². The summed E-state index contributed by atoms with van der Waals surface area (Å²) >= 11 is 0. The summed E-state index contributed by atoms with van der Waals surface area (Å²) in [5.41, 5.74) is 11.0. The predicted octanol–water partition coefficient (Wildman–Crippen LogP) is 11.5. The standard InChI is InChI=1S/C50H32N8/c1-3-11-33(12-4-1)47-53-49(57-55-47)35-23-19-31(20-24-35)45-41-27-37-15-7-9-17-39(37)29-43(41)52-46(42-28-38-16-8-10-18-40(38)30-44(42)51-45)32-21-25-36(26-22-32)50-54-48(56-58-50)34-13-5-2-6-14-34/h1-30H,(H,53,55,57)(H,54,56,58)/b45-41?,46-42?,51-44?,51-45-,52-43?,52-46-. The molecule has 2 aromatic heterocycles. The summed E-state index contributed by atoms with van der Waals surface area (Å²) in [5, 5.41) is 22.2. The smallest absolute Gasteiger partial charge is 0.161 e. The van der Waals surface area contributed by atoms with Gasteiger partial charge in [0.1, 0.15) is 0 Å². The van der Waals surface area contributed by atoms with Crippen molar-refractivity contribution in [3.8, 4) is 45.6 Å². The summed E-state index contributed by atoms with van der Waals surface area (Å²) in [7, 11) is 0. The molecule has 8 aromatic carbocycles. The number of rotatable bonds is 6. The zero-order valence-electron chi connectivity index (χ0n) is 31.0. The average molecular weight is 745 g/mol. The molecule has 8 heteroatoms. The van der Waals surface area contributed by atoms with Crippen molar-refractivity contribution in [2.75, 3.05) is 0 Å². The Hall–Kier alpha value is -8.10. The van der Waals surface area contributed by atoms with E-state index >= 15 is 0 Å². The lowest BCUT2D eigenvalue weighted by Gasteiger charge is -2.20. The summed E-state index contributed by atoms with van der Waals surface area (Å²) in [5.74, 6) is 2.86. The van der Waals surface area contributed by atoms with E-state index in [0.717, 1.165) is 100 Å². The van der Waals surface area contributed by atoms with E-state index in [1.165, 1.54) is 0 Å². The number of benzene rings is 8. The highest BCUT2D eigenvalue weighted by molar-refractivity contribution is 6.24. The molecule has 1 aliphatic rings. The van der Waals surface area contributed by atoms with E-state index in [4.69, 9.17) is 9.98 Å². The molecule has 0 radical (unpaired) electrons. The number of nitrogens with one attached hydrogen (secondary N) is 2. The highest BCUT2D eigenvalue weighted by Gasteiger charge is 2.22. The zero-order chi connectivity index (χ0) is 38.4. The van der Waals surface area contributed by atoms with Crippen molar-refractivity contribution >= 4 is 44.3 Å². The van der Waals surface area contributed by atoms with E-state index in [9.17, 15) is 0 Å². The Balaban J connectivity index is 1.05. The molecule has 10 aromatic rings. The third-order valence-corrected chi connectivity index (χ3v) is 10.6. The molecular formula is C50H32N8. The minimum atomic E-state index is 0.702. The molecule has 0 fully saturated rings. The summed E-state index contributed by atoms with van der Waals surface area (Å²) in [6.07, 6.45) is 0. The second-order valence-corrected chi connectivity index (χ2v) is 14.3. The summed E-state index contributed by atoms with van der Waals surface area (Å²) in [4.78, 5) is 17.9. The lowest BCUT2D eigenvalue weighted by atomic mass is 9.92. The van der Waals surface area contributed by atoms with Gasteiger partial charge in [-0.25, -0.2) is 9.98 Å². The third-order valence-electron chi connectivity index (χ3n) is 10.6. The van der Waals surface area contributed by atoms with Crippen LogP contribution in [0.5, 0.6) is 0 Å². The van der Waals surface area contributed by atoms with Crippen molar-refractivity contribution in [2.24, 2.45) is 9.98 Å². The Morgan fingerprint density at radius 3 is 0.931 bits per heavy atom. The van der Waals surface area contributed by atoms with Crippen LogP contribution in [0.2, 0.25) is 0 Å². The Morgan fingerprint density at radius 2 is 0.569 bits per heavy atom. The first kappa shape index (κ1) is 33.3. The minimum Gasteiger partial charge on any atom is -0.321 e. The van der Waals surface area contributed by atoms with Crippen LogP contribution in [0.1, 0.15) is 22.3 Å². The number of nitrogens with zero attached hydrogens (tertiary/aromatic N) is 6. The van der Waals surface area contributed by atoms with Crippen molar-refractivity contribution < 1.29 is 0 Å². The Bertz CT molecular complexity index is 2980. The van der Waals surface area contributed by atoms with Crippen molar-refractivity contribution in [2.45, 2.75) is 0 Å². The molecule has 0 bridgehead atoms. The van der Waals surface area contributed by atoms with E-state index in [1.54, 1.807) is 0 Å². The van der Waals surface area contributed by atoms with Gasteiger partial charge in [0.2, 0.25) is 0 Å². The normalized spacial score (nSPS) is 14.1. The van der Waals surface area contributed by atoms with Gasteiger partial charge in [0.25, 0.3) is 0 Å². The number of aromatic nitrogens is 6. The lowest BCUT2D eigenvalue weighted by Crippen LogP contribution is -2.10. The van der Waals surface area contributed by atoms with Crippen molar-refractivity contribution in [3.63, 3.8) is 0 Å². The number of aromatic amines is 2. The first-order valence-corrected chi connectivity index (χ1v) is 19.1. The maximum atomic E-state index is 5.56. The SMILES string of the molecule is c1ccc(-c2nnc(-c3ccc(/C4=N/c5cc6ccccc6cc5/C(c5ccc(-c6nnc(-c7ccccc7)[nH]6)cc5)=N\c5cc6ccccc6cc54)cc3)[nH]2)cc1. The molecule has 0 amide bonds. The predicted molar refractivity (Wildman–Crippen MR) is 233 cm³/mol. The number of hydrogen-bond donors (Lipinski definition) is 2. The molecule has 1 aliphatic heterocycles. The van der Waals surface area contributed by atoms with Gasteiger partial charge in [0.05, 0.1) is 22.8 Å². The molecule has 11 rings (SSSR count). The van der Waals surface area contributed by atoms with E-state index in [1.807, 2.05) is 60.7 Å². The highest BCUT2D eigenvalue weighted by Crippen LogP contribution is 2.38. The van der Waals surface area contributed by atoms with Crippen molar-refractivity contribution in [1.82, 2.24) is 30.4 Å². The van der Waals surface area contributed by atoms with Crippen LogP contribution in [0.15, 0.2) is 192 Å². The quantitative estimate of drug-likeness (QED) is 0.177. The molecule has 272 valence electrons. The molecule has 2 N–H and O–H groups in total. The maximum absolute atomic E-state index is 5.56. The fourth-order valence-electron chi connectivity index (χ4n) is 7.63. The average Bonchev–Trinajstić information content (AvgIpc) is 3.99. The molecule has 58 heavy (non-hydrogen) atoms. The van der Waals surface area contributed by atoms with Gasteiger partial charge in [-0.15, -0.1) is 20.4 Å². The van der Waals surface area contributed by atoms with Gasteiger partial charge in [-0.3, -0.25) is 0 Å². The van der Waals surface area contributed by atoms with Gasteiger partial charge in [-0.1, -0.05) is 158 Å². The van der Waals surface area contributed by atoms with Crippen LogP contribution in [0.3, 0.4) is 0 Å². The van der Waals surface area contributed by atoms with Crippen LogP contribution in [-0.2, 0) is 0 Å². The summed E-state index contributed by atoms with van der Waals surface area (Å²) in [6, 6.07) is 62.3. The van der Waals surface area contributed by atoms with Crippen LogP contribution in [0, 0.1) is 0 Å². The van der Waals surface area contributed by atoms with Crippen molar-refractivity contribution in [3.05, 3.63) is 204 Å². The van der Waals surface area contributed by atoms with Crippen LogP contribution in [0.4, 0.5) is 11.4 Å². The molecule has 0 unspecified atom stereocenters. The number of hydrogen-bond acceptors (Lipinski definition) is 6. The largest absolute Gasteiger partial charge is 0.321 e. The molecule has 0 atom stereocenters. The molecule has 8 nitrogen and oxygen atoms in total. The molecular weight excluding hydrogens is 713 g/mol.